The third kappa shape index (κ3) is 4.85. The molecule has 17 heavy (non-hydrogen) atoms. The molecule has 92 valence electrons. The molecule has 0 amide bonds. The Morgan fingerprint density at radius 1 is 1.24 bits per heavy atom. The molecule has 0 saturated heterocycles. The topological polar surface area (TPSA) is 33.1 Å². The zero-order chi connectivity index (χ0) is 12.5. The maximum absolute atomic E-state index is 7.12. The number of hydrogen-bond donors (Lipinski definition) is 1. The Hall–Kier alpha value is -1.57. The van der Waals surface area contributed by atoms with Crippen LogP contribution < -0.4 is 0 Å². The minimum Gasteiger partial charge on any atom is -0.488 e. The van der Waals surface area contributed by atoms with Gasteiger partial charge in [0.05, 0.1) is 6.21 Å². The molecule has 2 nitrogen and oxygen atoms in total. The lowest BCUT2D eigenvalue weighted by Crippen LogP contribution is -1.94. The minimum absolute atomic E-state index is 0.531. The van der Waals surface area contributed by atoms with E-state index in [1.807, 2.05) is 6.92 Å². The van der Waals surface area contributed by atoms with Crippen LogP contribution in [0.3, 0.4) is 0 Å². The number of allylic oxidation sites excluding steroid dienone is 2. The highest BCUT2D eigenvalue weighted by molar-refractivity contribution is 5.72. The first-order chi connectivity index (χ1) is 8.30. The molecule has 0 spiro atoms. The molecule has 0 aromatic heterocycles. The number of aryl methyl sites for hydroxylation is 1. The number of hydrogen-bond acceptors (Lipinski definition) is 2. The second-order valence-corrected chi connectivity index (χ2v) is 4.04. The monoisotopic (exact) mass is 231 g/mol. The van der Waals surface area contributed by atoms with Gasteiger partial charge in [-0.3, -0.25) is 0 Å². The van der Waals surface area contributed by atoms with E-state index in [4.69, 9.17) is 10.1 Å². The fraction of sp³-hybridized carbons (Fsp3) is 0.400. The Bertz CT molecular complexity index is 365. The molecule has 2 heteroatoms. The third-order valence-electron chi connectivity index (χ3n) is 2.67. The highest BCUT2D eigenvalue weighted by Crippen LogP contribution is 2.10. The summed E-state index contributed by atoms with van der Waals surface area (Å²) in [5, 5.41) is 7.12. The quantitative estimate of drug-likeness (QED) is 0.556. The maximum Gasteiger partial charge on any atom is 0.133 e. The van der Waals surface area contributed by atoms with Gasteiger partial charge in [0.15, 0.2) is 0 Å². The van der Waals surface area contributed by atoms with Crippen LogP contribution in [0.1, 0.15) is 37.8 Å². The van der Waals surface area contributed by atoms with E-state index in [-0.39, 0.29) is 0 Å². The van der Waals surface area contributed by atoms with Gasteiger partial charge in [0.1, 0.15) is 12.4 Å². The van der Waals surface area contributed by atoms with Crippen molar-refractivity contribution in [3.8, 4) is 0 Å². The van der Waals surface area contributed by atoms with E-state index in [0.717, 1.165) is 12.0 Å². The third-order valence-corrected chi connectivity index (χ3v) is 2.67. The number of nitrogens with one attached hydrogen (secondary N) is 1. The van der Waals surface area contributed by atoms with Gasteiger partial charge < -0.3 is 10.1 Å². The number of rotatable bonds is 7. The molecule has 0 saturated carbocycles. The van der Waals surface area contributed by atoms with Crippen LogP contribution in [0.5, 0.6) is 0 Å². The van der Waals surface area contributed by atoms with E-state index in [0.29, 0.717) is 12.4 Å². The van der Waals surface area contributed by atoms with Gasteiger partial charge in [0, 0.05) is 0 Å². The normalized spacial score (nSPS) is 11.3. The average Bonchev–Trinajstić information content (AvgIpc) is 2.39. The zero-order valence-electron chi connectivity index (χ0n) is 10.7. The molecular formula is C15H21NO. The fourth-order valence-corrected chi connectivity index (χ4v) is 1.56. The number of benzene rings is 1. The van der Waals surface area contributed by atoms with Crippen LogP contribution in [-0.2, 0) is 17.8 Å². The summed E-state index contributed by atoms with van der Waals surface area (Å²) in [7, 11) is 0. The van der Waals surface area contributed by atoms with Gasteiger partial charge in [-0.1, -0.05) is 37.6 Å². The molecule has 0 fully saturated rings. The molecule has 1 rings (SSSR count). The van der Waals surface area contributed by atoms with Gasteiger partial charge in [-0.15, -0.1) is 0 Å². The van der Waals surface area contributed by atoms with E-state index >= 15 is 0 Å². The van der Waals surface area contributed by atoms with Crippen LogP contribution >= 0.6 is 0 Å². The summed E-state index contributed by atoms with van der Waals surface area (Å²) >= 11 is 0. The predicted molar refractivity (Wildman–Crippen MR) is 72.4 cm³/mol. The van der Waals surface area contributed by atoms with E-state index in [2.05, 4.69) is 31.2 Å². The molecule has 0 unspecified atom stereocenters. The molecular weight excluding hydrogens is 210 g/mol. The summed E-state index contributed by atoms with van der Waals surface area (Å²) < 4.78 is 5.47. The van der Waals surface area contributed by atoms with Gasteiger partial charge >= 0.3 is 0 Å². The van der Waals surface area contributed by atoms with Crippen molar-refractivity contribution < 1.29 is 4.74 Å². The minimum atomic E-state index is 0.531. The summed E-state index contributed by atoms with van der Waals surface area (Å²) in [6.07, 6.45) is 6.65. The lowest BCUT2D eigenvalue weighted by molar-refractivity contribution is 0.218. The second kappa shape index (κ2) is 7.66. The Kier molecular flexibility index (Phi) is 6.08. The van der Waals surface area contributed by atoms with Crippen LogP contribution in [0.15, 0.2) is 36.1 Å². The summed E-state index contributed by atoms with van der Waals surface area (Å²) in [6.45, 7) is 4.61. The van der Waals surface area contributed by atoms with Crippen molar-refractivity contribution >= 4 is 6.21 Å². The van der Waals surface area contributed by atoms with Gasteiger partial charge in [0.25, 0.3) is 0 Å². The van der Waals surface area contributed by atoms with E-state index in [1.165, 1.54) is 24.6 Å². The summed E-state index contributed by atoms with van der Waals surface area (Å²) in [5.41, 5.74) is 2.53. The number of ether oxygens (including phenoxy) is 1. The zero-order valence-corrected chi connectivity index (χ0v) is 10.7. The summed E-state index contributed by atoms with van der Waals surface area (Å²) in [4.78, 5) is 0. The Balaban J connectivity index is 2.47. The van der Waals surface area contributed by atoms with E-state index in [9.17, 15) is 0 Å². The number of unbranched alkanes of at least 4 members (excludes halogenated alkanes) is 1. The lowest BCUT2D eigenvalue weighted by atomic mass is 10.1. The highest BCUT2D eigenvalue weighted by atomic mass is 16.5. The van der Waals surface area contributed by atoms with Crippen molar-refractivity contribution in [2.24, 2.45) is 0 Å². The smallest absolute Gasteiger partial charge is 0.133 e. The predicted octanol–water partition coefficient (Wildman–Crippen LogP) is 4.10. The van der Waals surface area contributed by atoms with Crippen molar-refractivity contribution in [1.82, 2.24) is 0 Å². The summed E-state index contributed by atoms with van der Waals surface area (Å²) in [6, 6.07) is 8.52. The molecule has 1 aromatic carbocycles. The Morgan fingerprint density at radius 3 is 2.41 bits per heavy atom. The van der Waals surface area contributed by atoms with Crippen molar-refractivity contribution in [2.45, 2.75) is 39.7 Å². The largest absolute Gasteiger partial charge is 0.488 e. The molecule has 0 aliphatic heterocycles. The van der Waals surface area contributed by atoms with Gasteiger partial charge in [-0.05, 0) is 37.0 Å². The van der Waals surface area contributed by atoms with E-state index < -0.39 is 0 Å². The molecule has 0 heterocycles. The Labute approximate surface area is 104 Å². The average molecular weight is 231 g/mol. The fourth-order valence-electron chi connectivity index (χ4n) is 1.56. The molecule has 0 aliphatic carbocycles. The van der Waals surface area contributed by atoms with Crippen LogP contribution in [-0.4, -0.2) is 6.21 Å². The summed E-state index contributed by atoms with van der Waals surface area (Å²) in [5.74, 6) is 0.611. The van der Waals surface area contributed by atoms with Crippen LogP contribution in [0.4, 0.5) is 0 Å². The molecule has 0 radical (unpaired) electrons. The van der Waals surface area contributed by atoms with E-state index in [1.54, 1.807) is 6.08 Å². The van der Waals surface area contributed by atoms with Crippen molar-refractivity contribution in [2.75, 3.05) is 0 Å². The highest BCUT2D eigenvalue weighted by Gasteiger charge is 1.97. The molecule has 0 bridgehead atoms. The Morgan fingerprint density at radius 2 is 1.88 bits per heavy atom. The van der Waals surface area contributed by atoms with Gasteiger partial charge in [-0.25, -0.2) is 0 Å². The molecule has 1 aromatic rings. The second-order valence-electron chi connectivity index (χ2n) is 4.04. The van der Waals surface area contributed by atoms with Crippen molar-refractivity contribution in [3.63, 3.8) is 0 Å². The van der Waals surface area contributed by atoms with Crippen LogP contribution in [0, 0.1) is 5.41 Å². The van der Waals surface area contributed by atoms with Crippen molar-refractivity contribution in [3.05, 3.63) is 47.2 Å². The lowest BCUT2D eigenvalue weighted by Gasteiger charge is -2.07. The van der Waals surface area contributed by atoms with Crippen LogP contribution in [0.2, 0.25) is 0 Å². The maximum atomic E-state index is 7.12. The van der Waals surface area contributed by atoms with Crippen LogP contribution in [0.25, 0.3) is 0 Å². The molecule has 1 N–H and O–H groups in total. The first kappa shape index (κ1) is 13.5. The molecule has 0 aliphatic rings. The first-order valence-corrected chi connectivity index (χ1v) is 6.17. The first-order valence-electron chi connectivity index (χ1n) is 6.17. The van der Waals surface area contributed by atoms with Gasteiger partial charge in [0.2, 0.25) is 0 Å². The molecule has 0 atom stereocenters. The van der Waals surface area contributed by atoms with Crippen molar-refractivity contribution in [1.29, 1.82) is 5.41 Å². The van der Waals surface area contributed by atoms with Gasteiger partial charge in [-0.2, -0.15) is 0 Å². The standard InChI is InChI=1S/C15H21NO/c1-3-5-6-13-7-9-14(10-8-13)12-17-15(4-2)11-16/h4,7-11,16H,3,5-6,12H2,1-2H3/b15-4-,16-11?. The SMILES string of the molecule is C/C=C(/C=N)OCc1ccc(CCCC)cc1.